The van der Waals surface area contributed by atoms with Crippen molar-refractivity contribution in [2.24, 2.45) is 4.99 Å². The van der Waals surface area contributed by atoms with Crippen LogP contribution in [0.3, 0.4) is 0 Å². The molecule has 0 fully saturated rings. The number of hydrogen-bond donors (Lipinski definition) is 2. The molecule has 1 aliphatic heterocycles. The Bertz CT molecular complexity index is 1120. The predicted octanol–water partition coefficient (Wildman–Crippen LogP) is 5.39. The van der Waals surface area contributed by atoms with Gasteiger partial charge in [0.25, 0.3) is 5.91 Å². The quantitative estimate of drug-likeness (QED) is 0.567. The Balaban J connectivity index is 1.51. The first-order valence-electron chi connectivity index (χ1n) is 9.33. The summed E-state index contributed by atoms with van der Waals surface area (Å²) >= 11 is 0. The van der Waals surface area contributed by atoms with Gasteiger partial charge in [-0.3, -0.25) is 9.79 Å². The second-order valence-electron chi connectivity index (χ2n) is 6.96. The largest absolute Gasteiger partial charge is 0.506 e. The predicted molar refractivity (Wildman–Crippen MR) is 107 cm³/mol. The zero-order valence-electron chi connectivity index (χ0n) is 15.7. The molecule has 2 N–H and O–H groups in total. The average molecular weight is 410 g/mol. The molecule has 0 bridgehead atoms. The molecule has 152 valence electrons. The van der Waals surface area contributed by atoms with Gasteiger partial charge >= 0.3 is 0 Å². The zero-order chi connectivity index (χ0) is 21.3. The first-order valence-corrected chi connectivity index (χ1v) is 9.33. The number of nitrogens with one attached hydrogen (secondary N) is 1. The summed E-state index contributed by atoms with van der Waals surface area (Å²) in [5.74, 6) is -2.61. The van der Waals surface area contributed by atoms with E-state index in [0.29, 0.717) is 24.1 Å². The highest BCUT2D eigenvalue weighted by Crippen LogP contribution is 2.32. The van der Waals surface area contributed by atoms with Gasteiger partial charge in [0.2, 0.25) is 0 Å². The van der Waals surface area contributed by atoms with Crippen LogP contribution in [-0.2, 0) is 0 Å². The van der Waals surface area contributed by atoms with Gasteiger partial charge in [-0.2, -0.15) is 0 Å². The number of halogens is 3. The third-order valence-electron chi connectivity index (χ3n) is 4.98. The number of phenolic OH excluding ortho intramolecular Hbond substituents is 1. The van der Waals surface area contributed by atoms with Gasteiger partial charge in [0.15, 0.2) is 0 Å². The summed E-state index contributed by atoms with van der Waals surface area (Å²) in [5, 5.41) is 12.2. The second kappa shape index (κ2) is 8.02. The van der Waals surface area contributed by atoms with E-state index in [1.54, 1.807) is 24.3 Å². The summed E-state index contributed by atoms with van der Waals surface area (Å²) < 4.78 is 41.3. The van der Waals surface area contributed by atoms with Crippen molar-refractivity contribution in [2.75, 3.05) is 5.32 Å². The van der Waals surface area contributed by atoms with E-state index in [4.69, 9.17) is 0 Å². The maximum Gasteiger partial charge on any atom is 0.255 e. The fourth-order valence-electron chi connectivity index (χ4n) is 3.45. The molecule has 7 heteroatoms. The van der Waals surface area contributed by atoms with E-state index in [1.165, 1.54) is 18.2 Å². The molecule has 1 unspecified atom stereocenters. The van der Waals surface area contributed by atoms with Gasteiger partial charge in [-0.25, -0.2) is 13.2 Å². The first kappa shape index (κ1) is 19.7. The fourth-order valence-corrected chi connectivity index (χ4v) is 3.45. The lowest BCUT2D eigenvalue weighted by Gasteiger charge is -2.10. The van der Waals surface area contributed by atoms with Crippen molar-refractivity contribution in [3.8, 4) is 5.75 Å². The van der Waals surface area contributed by atoms with Crippen molar-refractivity contribution in [1.82, 2.24) is 0 Å². The van der Waals surface area contributed by atoms with Crippen molar-refractivity contribution in [3.05, 3.63) is 94.8 Å². The van der Waals surface area contributed by atoms with Gasteiger partial charge in [-0.15, -0.1) is 0 Å². The van der Waals surface area contributed by atoms with E-state index >= 15 is 0 Å². The van der Waals surface area contributed by atoms with Crippen molar-refractivity contribution in [2.45, 2.75) is 18.9 Å². The van der Waals surface area contributed by atoms with Crippen LogP contribution in [-0.4, -0.2) is 16.7 Å². The van der Waals surface area contributed by atoms with E-state index in [0.717, 1.165) is 23.8 Å². The molecule has 3 aromatic carbocycles. The Kier molecular flexibility index (Phi) is 5.27. The minimum Gasteiger partial charge on any atom is -0.506 e. The van der Waals surface area contributed by atoms with E-state index < -0.39 is 23.4 Å². The highest BCUT2D eigenvalue weighted by molar-refractivity contribution is 6.05. The summed E-state index contributed by atoms with van der Waals surface area (Å²) in [6.07, 6.45) is 1.05. The lowest BCUT2D eigenvalue weighted by Crippen LogP contribution is -2.12. The van der Waals surface area contributed by atoms with Crippen molar-refractivity contribution < 1.29 is 23.1 Å². The van der Waals surface area contributed by atoms with Gasteiger partial charge < -0.3 is 10.4 Å². The molecule has 4 rings (SSSR count). The topological polar surface area (TPSA) is 61.7 Å². The maximum atomic E-state index is 14.0. The minimum absolute atomic E-state index is 0.0268. The summed E-state index contributed by atoms with van der Waals surface area (Å²) in [6.45, 7) is 0. The molecule has 1 aliphatic rings. The van der Waals surface area contributed by atoms with Crippen LogP contribution in [0.5, 0.6) is 5.75 Å². The molecule has 0 saturated heterocycles. The molecule has 0 saturated carbocycles. The lowest BCUT2D eigenvalue weighted by atomic mass is 10.0. The second-order valence-corrected chi connectivity index (χ2v) is 6.96. The third-order valence-corrected chi connectivity index (χ3v) is 4.98. The van der Waals surface area contributed by atoms with E-state index in [1.807, 2.05) is 0 Å². The molecule has 4 nitrogen and oxygen atoms in total. The smallest absolute Gasteiger partial charge is 0.255 e. The first-order chi connectivity index (χ1) is 14.4. The monoisotopic (exact) mass is 410 g/mol. The Hall–Kier alpha value is -3.61. The lowest BCUT2D eigenvalue weighted by molar-refractivity contribution is 0.102. The number of aliphatic imine (C=N–C) groups is 1. The Morgan fingerprint density at radius 1 is 1.00 bits per heavy atom. The summed E-state index contributed by atoms with van der Waals surface area (Å²) in [5.41, 5.74) is 1.39. The van der Waals surface area contributed by atoms with Gasteiger partial charge in [0, 0.05) is 17.3 Å². The molecule has 0 aromatic heterocycles. The zero-order valence-corrected chi connectivity index (χ0v) is 15.7. The van der Waals surface area contributed by atoms with Crippen LogP contribution in [0, 0.1) is 17.5 Å². The SMILES string of the molecule is O=C(Nc1cc(F)ccc1O)c1ccc(C2CCC(c3c(F)cccc3F)=N2)cc1. The Labute approximate surface area is 170 Å². The van der Waals surface area contributed by atoms with Gasteiger partial charge in [-0.05, 0) is 54.8 Å². The van der Waals surface area contributed by atoms with Gasteiger partial charge in [0.05, 0.1) is 17.3 Å². The number of hydrogen-bond acceptors (Lipinski definition) is 3. The highest BCUT2D eigenvalue weighted by atomic mass is 19.1. The number of carbonyl (C=O) groups is 1. The number of benzene rings is 3. The highest BCUT2D eigenvalue weighted by Gasteiger charge is 2.24. The van der Waals surface area contributed by atoms with Crippen LogP contribution in [0.2, 0.25) is 0 Å². The molecule has 3 aromatic rings. The van der Waals surface area contributed by atoms with E-state index in [9.17, 15) is 23.1 Å². The van der Waals surface area contributed by atoms with Crippen LogP contribution in [0.15, 0.2) is 65.7 Å². The maximum absolute atomic E-state index is 14.0. The van der Waals surface area contributed by atoms with Crippen LogP contribution in [0.25, 0.3) is 0 Å². The Morgan fingerprint density at radius 2 is 1.70 bits per heavy atom. The van der Waals surface area contributed by atoms with Gasteiger partial charge in [0.1, 0.15) is 23.2 Å². The summed E-state index contributed by atoms with van der Waals surface area (Å²) in [4.78, 5) is 16.8. The van der Waals surface area contributed by atoms with E-state index in [2.05, 4.69) is 10.3 Å². The third kappa shape index (κ3) is 3.91. The Morgan fingerprint density at radius 3 is 2.40 bits per heavy atom. The molecular weight excluding hydrogens is 393 g/mol. The fraction of sp³-hybridized carbons (Fsp3) is 0.130. The number of aromatic hydroxyl groups is 1. The summed E-state index contributed by atoms with van der Waals surface area (Å²) in [7, 11) is 0. The van der Waals surface area contributed by atoms with Crippen LogP contribution < -0.4 is 5.32 Å². The van der Waals surface area contributed by atoms with E-state index in [-0.39, 0.29) is 23.0 Å². The van der Waals surface area contributed by atoms with Crippen molar-refractivity contribution in [3.63, 3.8) is 0 Å². The van der Waals surface area contributed by atoms with Crippen LogP contribution >= 0.6 is 0 Å². The molecule has 1 heterocycles. The number of phenols is 1. The summed E-state index contributed by atoms with van der Waals surface area (Å²) in [6, 6.07) is 13.3. The molecule has 0 radical (unpaired) electrons. The number of carbonyl (C=O) groups excluding carboxylic acids is 1. The molecule has 1 atom stereocenters. The normalized spacial score (nSPS) is 15.7. The number of anilines is 1. The molecule has 0 aliphatic carbocycles. The van der Waals surface area contributed by atoms with Crippen LogP contribution in [0.4, 0.5) is 18.9 Å². The molecule has 1 amide bonds. The van der Waals surface area contributed by atoms with Crippen molar-refractivity contribution >= 4 is 17.3 Å². The molecular formula is C23H17F3N2O2. The van der Waals surface area contributed by atoms with Gasteiger partial charge in [-0.1, -0.05) is 18.2 Å². The van der Waals surface area contributed by atoms with Crippen LogP contribution in [0.1, 0.15) is 40.4 Å². The average Bonchev–Trinajstić information content (AvgIpc) is 3.20. The molecule has 0 spiro atoms. The molecule has 30 heavy (non-hydrogen) atoms. The number of amides is 1. The minimum atomic E-state index is -0.637. The number of nitrogens with zero attached hydrogens (tertiary/aromatic N) is 1. The standard InChI is InChI=1S/C23H17F3N2O2/c24-15-8-11-21(29)20(12-15)28-23(30)14-6-4-13(5-7-14)18-9-10-19(27-18)22-16(25)2-1-3-17(22)26/h1-8,11-12,18,29H,9-10H2,(H,28,30). The number of rotatable bonds is 4. The van der Waals surface area contributed by atoms with Crippen molar-refractivity contribution in [1.29, 1.82) is 0 Å².